The molecule has 32 heavy (non-hydrogen) atoms. The Morgan fingerprint density at radius 1 is 1.12 bits per heavy atom. The Labute approximate surface area is 183 Å². The number of nitrogens with one attached hydrogen (secondary N) is 1. The number of aromatic nitrogens is 3. The second-order valence-electron chi connectivity index (χ2n) is 8.12. The van der Waals surface area contributed by atoms with E-state index in [-0.39, 0.29) is 5.91 Å². The normalized spacial score (nSPS) is 13.5. The van der Waals surface area contributed by atoms with E-state index >= 15 is 0 Å². The van der Waals surface area contributed by atoms with Crippen LogP contribution in [0, 0.1) is 0 Å². The van der Waals surface area contributed by atoms with Gasteiger partial charge in [-0.2, -0.15) is 0 Å². The number of carbonyl (C=O) groups excluding carboxylic acids is 1. The molecule has 7 nitrogen and oxygen atoms in total. The molecule has 5 aromatic rings. The van der Waals surface area contributed by atoms with Crippen molar-refractivity contribution in [2.24, 2.45) is 7.05 Å². The maximum absolute atomic E-state index is 12.4. The van der Waals surface area contributed by atoms with E-state index in [1.165, 1.54) is 6.26 Å². The summed E-state index contributed by atoms with van der Waals surface area (Å²) in [4.78, 5) is 21.3. The summed E-state index contributed by atoms with van der Waals surface area (Å²) < 4.78 is 13.7. The highest BCUT2D eigenvalue weighted by molar-refractivity contribution is 6.06. The van der Waals surface area contributed by atoms with Gasteiger partial charge in [-0.05, 0) is 43.2 Å². The molecule has 0 atom stereocenters. The van der Waals surface area contributed by atoms with Crippen LogP contribution < -0.4 is 10.1 Å². The summed E-state index contributed by atoms with van der Waals surface area (Å²) in [5.74, 6) is 1.23. The zero-order valence-corrected chi connectivity index (χ0v) is 17.4. The second kappa shape index (κ2) is 7.23. The summed E-state index contributed by atoms with van der Waals surface area (Å²) in [6.07, 6.45) is 9.07. The summed E-state index contributed by atoms with van der Waals surface area (Å²) in [5, 5.41) is 4.67. The first kappa shape index (κ1) is 18.6. The number of ether oxygens (including phenoxy) is 1. The van der Waals surface area contributed by atoms with Crippen LogP contribution in [0.1, 0.15) is 23.2 Å². The number of aryl methyl sites for hydroxylation is 1. The quantitative estimate of drug-likeness (QED) is 0.426. The predicted octanol–water partition coefficient (Wildman–Crippen LogP) is 5.07. The third-order valence-electron chi connectivity index (χ3n) is 5.64. The lowest BCUT2D eigenvalue weighted by Gasteiger charge is -2.09. The van der Waals surface area contributed by atoms with Crippen LogP contribution in [0.25, 0.3) is 33.1 Å². The molecule has 2 aromatic carbocycles. The van der Waals surface area contributed by atoms with E-state index in [1.807, 2.05) is 54.2 Å². The maximum Gasteiger partial charge on any atom is 0.255 e. The number of imidazole rings is 1. The van der Waals surface area contributed by atoms with Gasteiger partial charge in [0.2, 0.25) is 0 Å². The Morgan fingerprint density at radius 2 is 2.00 bits per heavy atom. The van der Waals surface area contributed by atoms with E-state index in [9.17, 15) is 4.79 Å². The molecule has 1 aliphatic rings. The molecule has 0 saturated heterocycles. The summed E-state index contributed by atoms with van der Waals surface area (Å²) >= 11 is 0. The third-order valence-corrected chi connectivity index (χ3v) is 5.64. The van der Waals surface area contributed by atoms with Crippen molar-refractivity contribution in [1.82, 2.24) is 19.9 Å². The molecule has 1 amide bonds. The van der Waals surface area contributed by atoms with Crippen molar-refractivity contribution in [3.8, 4) is 22.8 Å². The number of fused-ring (bicyclic) bond motifs is 2. The average Bonchev–Trinajstić information content (AvgIpc) is 3.34. The van der Waals surface area contributed by atoms with E-state index in [0.717, 1.165) is 40.4 Å². The molecule has 0 unspecified atom stereocenters. The lowest BCUT2D eigenvalue weighted by molar-refractivity contribution is 0.0952. The molecule has 0 aliphatic heterocycles. The lowest BCUT2D eigenvalue weighted by Crippen LogP contribution is -2.24. The Bertz CT molecular complexity index is 1480. The zero-order valence-electron chi connectivity index (χ0n) is 17.4. The van der Waals surface area contributed by atoms with Gasteiger partial charge in [0.15, 0.2) is 0 Å². The Kier molecular flexibility index (Phi) is 4.21. The van der Waals surface area contributed by atoms with Gasteiger partial charge in [0.25, 0.3) is 5.91 Å². The molecule has 0 bridgehead atoms. The molecule has 1 fully saturated rings. The molecular formula is C25H20N4O3. The number of pyridine rings is 1. The smallest absolute Gasteiger partial charge is 0.255 e. The van der Waals surface area contributed by atoms with Crippen molar-refractivity contribution in [1.29, 1.82) is 0 Å². The molecule has 0 spiro atoms. The number of hydrogen-bond acceptors (Lipinski definition) is 5. The van der Waals surface area contributed by atoms with Gasteiger partial charge in [0.1, 0.15) is 23.3 Å². The maximum atomic E-state index is 12.4. The van der Waals surface area contributed by atoms with Crippen LogP contribution in [-0.2, 0) is 7.05 Å². The van der Waals surface area contributed by atoms with Crippen LogP contribution in [0.3, 0.4) is 0 Å². The van der Waals surface area contributed by atoms with Gasteiger partial charge in [0.05, 0.1) is 23.1 Å². The van der Waals surface area contributed by atoms with Crippen LogP contribution in [-0.4, -0.2) is 26.5 Å². The SMILES string of the molecule is Cn1cnc(-c2ccc3c(Oc4ccc5c(C(=O)NC6CC6)coc5c4)ccnc3c2)c1. The van der Waals surface area contributed by atoms with Crippen LogP contribution in [0.4, 0.5) is 0 Å². The highest BCUT2D eigenvalue weighted by atomic mass is 16.5. The number of nitrogens with zero attached hydrogens (tertiary/aromatic N) is 3. The number of rotatable bonds is 5. The molecule has 3 heterocycles. The van der Waals surface area contributed by atoms with E-state index in [0.29, 0.717) is 28.7 Å². The van der Waals surface area contributed by atoms with E-state index in [4.69, 9.17) is 9.15 Å². The van der Waals surface area contributed by atoms with Crippen LogP contribution >= 0.6 is 0 Å². The Hall–Kier alpha value is -4.13. The summed E-state index contributed by atoms with van der Waals surface area (Å²) in [6, 6.07) is 13.7. The van der Waals surface area contributed by atoms with Gasteiger partial charge in [-0.1, -0.05) is 6.07 Å². The molecule has 0 radical (unpaired) electrons. The fraction of sp³-hybridized carbons (Fsp3) is 0.160. The molecule has 6 rings (SSSR count). The minimum absolute atomic E-state index is 0.0937. The van der Waals surface area contributed by atoms with Gasteiger partial charge < -0.3 is 19.0 Å². The summed E-state index contributed by atoms with van der Waals surface area (Å²) in [5.41, 5.74) is 3.88. The fourth-order valence-electron chi connectivity index (χ4n) is 3.80. The van der Waals surface area contributed by atoms with Gasteiger partial charge in [0, 0.05) is 47.9 Å². The monoisotopic (exact) mass is 424 g/mol. The predicted molar refractivity (Wildman–Crippen MR) is 121 cm³/mol. The second-order valence-corrected chi connectivity index (χ2v) is 8.12. The zero-order chi connectivity index (χ0) is 21.7. The van der Waals surface area contributed by atoms with Crippen molar-refractivity contribution in [2.75, 3.05) is 0 Å². The van der Waals surface area contributed by atoms with Crippen molar-refractivity contribution < 1.29 is 13.9 Å². The van der Waals surface area contributed by atoms with Crippen LogP contribution in [0.2, 0.25) is 0 Å². The van der Waals surface area contributed by atoms with E-state index in [1.54, 1.807) is 18.6 Å². The molecule has 158 valence electrons. The first-order chi connectivity index (χ1) is 15.6. The summed E-state index contributed by atoms with van der Waals surface area (Å²) in [6.45, 7) is 0. The fourth-order valence-corrected chi connectivity index (χ4v) is 3.80. The van der Waals surface area contributed by atoms with Crippen molar-refractivity contribution in [3.63, 3.8) is 0 Å². The Morgan fingerprint density at radius 3 is 2.81 bits per heavy atom. The first-order valence-corrected chi connectivity index (χ1v) is 10.5. The molecule has 1 N–H and O–H groups in total. The molecular weight excluding hydrogens is 404 g/mol. The number of hydrogen-bond donors (Lipinski definition) is 1. The van der Waals surface area contributed by atoms with Crippen molar-refractivity contribution in [3.05, 3.63) is 73.0 Å². The standard InChI is InChI=1S/C25H20N4O3/c1-29-12-22(27-14-29)15-2-6-19-21(10-15)26-9-8-23(19)32-17-5-7-18-20(13-31-24(18)11-17)25(30)28-16-3-4-16/h2,5-14,16H,3-4H2,1H3,(H,28,30). The number of benzene rings is 2. The van der Waals surface area contributed by atoms with Gasteiger partial charge in [-0.3, -0.25) is 9.78 Å². The Balaban J connectivity index is 1.30. The summed E-state index contributed by atoms with van der Waals surface area (Å²) in [7, 11) is 1.94. The van der Waals surface area contributed by atoms with Crippen molar-refractivity contribution >= 4 is 27.8 Å². The van der Waals surface area contributed by atoms with E-state index in [2.05, 4.69) is 15.3 Å². The van der Waals surface area contributed by atoms with Gasteiger partial charge in [-0.25, -0.2) is 4.98 Å². The minimum Gasteiger partial charge on any atom is -0.463 e. The van der Waals surface area contributed by atoms with Crippen molar-refractivity contribution in [2.45, 2.75) is 18.9 Å². The molecule has 1 aliphatic carbocycles. The first-order valence-electron chi connectivity index (χ1n) is 10.5. The highest BCUT2D eigenvalue weighted by Gasteiger charge is 2.25. The van der Waals surface area contributed by atoms with Crippen LogP contribution in [0.15, 0.2) is 71.9 Å². The molecule has 1 saturated carbocycles. The van der Waals surface area contributed by atoms with Crippen LogP contribution in [0.5, 0.6) is 11.5 Å². The molecule has 7 heteroatoms. The lowest BCUT2D eigenvalue weighted by atomic mass is 10.1. The average molecular weight is 424 g/mol. The minimum atomic E-state index is -0.0937. The highest BCUT2D eigenvalue weighted by Crippen LogP contribution is 2.33. The third kappa shape index (κ3) is 3.37. The van der Waals surface area contributed by atoms with Gasteiger partial charge in [-0.15, -0.1) is 0 Å². The molecule has 3 aromatic heterocycles. The topological polar surface area (TPSA) is 82.2 Å². The number of furan rings is 1. The van der Waals surface area contributed by atoms with Gasteiger partial charge >= 0.3 is 0 Å². The number of carbonyl (C=O) groups is 1. The number of amides is 1. The van der Waals surface area contributed by atoms with E-state index < -0.39 is 0 Å². The largest absolute Gasteiger partial charge is 0.463 e.